The van der Waals surface area contributed by atoms with Crippen molar-refractivity contribution in [2.45, 2.75) is 38.3 Å². The lowest BCUT2D eigenvalue weighted by atomic mass is 9.85. The number of rotatable bonds is 4. The molecule has 0 amide bonds. The summed E-state index contributed by atoms with van der Waals surface area (Å²) in [6.45, 7) is 7.89. The molecule has 1 fully saturated rings. The number of aromatic nitrogens is 1. The van der Waals surface area contributed by atoms with E-state index in [1.807, 2.05) is 56.0 Å². The number of benzene rings is 1. The molecule has 3 rings (SSSR count). The zero-order valence-electron chi connectivity index (χ0n) is 15.6. The summed E-state index contributed by atoms with van der Waals surface area (Å²) in [5.74, 6) is -0.891. The van der Waals surface area contributed by atoms with Crippen molar-refractivity contribution in [2.75, 3.05) is 26.2 Å². The van der Waals surface area contributed by atoms with Gasteiger partial charge < -0.3 is 15.5 Å². The number of nitrogens with one attached hydrogen (secondary N) is 1. The van der Waals surface area contributed by atoms with E-state index in [1.165, 1.54) is 0 Å². The van der Waals surface area contributed by atoms with Gasteiger partial charge in [0.2, 0.25) is 0 Å². The highest BCUT2D eigenvalue weighted by Crippen LogP contribution is 2.36. The van der Waals surface area contributed by atoms with Crippen molar-refractivity contribution in [2.24, 2.45) is 0 Å². The number of hydrogen-bond acceptors (Lipinski definition) is 5. The molecule has 26 heavy (non-hydrogen) atoms. The van der Waals surface area contributed by atoms with Crippen LogP contribution in [0.5, 0.6) is 0 Å². The van der Waals surface area contributed by atoms with Crippen LogP contribution < -0.4 is 5.32 Å². The Kier molecular flexibility index (Phi) is 5.01. The molecule has 3 N–H and O–H groups in total. The van der Waals surface area contributed by atoms with E-state index in [0.29, 0.717) is 25.2 Å². The number of nitrogens with zero attached hydrogens (tertiary/aromatic N) is 2. The maximum atomic E-state index is 12.5. The molecule has 1 unspecified atom stereocenters. The first-order valence-electron chi connectivity index (χ1n) is 9.02. The van der Waals surface area contributed by atoms with E-state index in [4.69, 9.17) is 4.98 Å². The summed E-state index contributed by atoms with van der Waals surface area (Å²) in [4.78, 5) is 19.3. The van der Waals surface area contributed by atoms with Gasteiger partial charge in [-0.1, -0.05) is 18.2 Å². The van der Waals surface area contributed by atoms with Crippen molar-refractivity contribution < 1.29 is 15.0 Å². The molecule has 1 aromatic heterocycles. The fourth-order valence-electron chi connectivity index (χ4n) is 3.97. The lowest BCUT2D eigenvalue weighted by Gasteiger charge is -2.50. The second-order valence-electron chi connectivity index (χ2n) is 7.82. The number of hydrogen-bond donors (Lipinski definition) is 3. The van der Waals surface area contributed by atoms with Crippen LogP contribution in [-0.2, 0) is 16.8 Å². The first-order valence-corrected chi connectivity index (χ1v) is 9.02. The highest BCUT2D eigenvalue weighted by Gasteiger charge is 2.52. The van der Waals surface area contributed by atoms with E-state index in [2.05, 4.69) is 5.32 Å². The SMILES string of the molecule is CC(C)(C)N1CCNCC1(C(=O)O)c1ccc2c(CCO)cccc2n1. The van der Waals surface area contributed by atoms with Gasteiger partial charge in [-0.3, -0.25) is 9.88 Å². The van der Waals surface area contributed by atoms with Gasteiger partial charge in [-0.15, -0.1) is 0 Å². The third-order valence-corrected chi connectivity index (χ3v) is 5.14. The van der Waals surface area contributed by atoms with Crippen LogP contribution in [0.4, 0.5) is 0 Å². The van der Waals surface area contributed by atoms with Crippen LogP contribution in [0.15, 0.2) is 30.3 Å². The van der Waals surface area contributed by atoms with Gasteiger partial charge in [0, 0.05) is 37.2 Å². The Morgan fingerprint density at radius 1 is 1.31 bits per heavy atom. The van der Waals surface area contributed by atoms with Gasteiger partial charge in [0.15, 0.2) is 5.54 Å². The van der Waals surface area contributed by atoms with Crippen molar-refractivity contribution in [1.29, 1.82) is 0 Å². The molecule has 0 bridgehead atoms. The first kappa shape index (κ1) is 18.8. The van der Waals surface area contributed by atoms with E-state index < -0.39 is 11.5 Å². The van der Waals surface area contributed by atoms with Gasteiger partial charge in [0.05, 0.1) is 11.2 Å². The number of pyridine rings is 1. The minimum Gasteiger partial charge on any atom is -0.480 e. The van der Waals surface area contributed by atoms with Gasteiger partial charge in [0.25, 0.3) is 0 Å². The second kappa shape index (κ2) is 6.95. The fourth-order valence-corrected chi connectivity index (χ4v) is 3.97. The molecule has 1 aliphatic heterocycles. The van der Waals surface area contributed by atoms with Crippen molar-refractivity contribution in [3.63, 3.8) is 0 Å². The highest BCUT2D eigenvalue weighted by atomic mass is 16.4. The maximum absolute atomic E-state index is 12.5. The van der Waals surface area contributed by atoms with Crippen LogP contribution in [-0.4, -0.2) is 57.8 Å². The molecule has 2 heterocycles. The third-order valence-electron chi connectivity index (χ3n) is 5.14. The Balaban J connectivity index is 2.18. The quantitative estimate of drug-likeness (QED) is 0.773. The van der Waals surface area contributed by atoms with E-state index >= 15 is 0 Å². The molecule has 0 radical (unpaired) electrons. The largest absolute Gasteiger partial charge is 0.480 e. The summed E-state index contributed by atoms with van der Waals surface area (Å²) in [7, 11) is 0. The summed E-state index contributed by atoms with van der Waals surface area (Å²) in [6, 6.07) is 9.52. The minimum atomic E-state index is -1.21. The van der Waals surface area contributed by atoms with Crippen molar-refractivity contribution in [3.05, 3.63) is 41.6 Å². The van der Waals surface area contributed by atoms with Crippen molar-refractivity contribution in [3.8, 4) is 0 Å². The van der Waals surface area contributed by atoms with Crippen molar-refractivity contribution >= 4 is 16.9 Å². The van der Waals surface area contributed by atoms with Gasteiger partial charge >= 0.3 is 5.97 Å². The standard InChI is InChI=1S/C20H27N3O3/c1-19(2,3)23-11-10-21-13-20(23,18(25)26)17-8-7-15-14(9-12-24)5-4-6-16(15)22-17/h4-8,21,24H,9-13H2,1-3H3,(H,25,26). The third kappa shape index (κ3) is 3.09. The molecule has 1 aliphatic rings. The average molecular weight is 357 g/mol. The normalized spacial score (nSPS) is 21.8. The minimum absolute atomic E-state index is 0.0711. The molecule has 6 nitrogen and oxygen atoms in total. The van der Waals surface area contributed by atoms with E-state index in [9.17, 15) is 15.0 Å². The molecule has 0 saturated carbocycles. The summed E-state index contributed by atoms with van der Waals surface area (Å²) < 4.78 is 0. The number of aliphatic hydroxyl groups is 1. The number of carboxylic acids is 1. The molecular formula is C20H27N3O3. The van der Waals surface area contributed by atoms with E-state index in [0.717, 1.165) is 23.0 Å². The van der Waals surface area contributed by atoms with E-state index in [-0.39, 0.29) is 12.1 Å². The van der Waals surface area contributed by atoms with Gasteiger partial charge in [0.1, 0.15) is 0 Å². The Bertz CT molecular complexity index is 816. The number of fused-ring (bicyclic) bond motifs is 1. The topological polar surface area (TPSA) is 85.7 Å². The second-order valence-corrected chi connectivity index (χ2v) is 7.82. The molecular weight excluding hydrogens is 330 g/mol. The molecule has 2 aromatic rings. The zero-order chi connectivity index (χ0) is 18.9. The Morgan fingerprint density at radius 2 is 2.08 bits per heavy atom. The van der Waals surface area contributed by atoms with Crippen LogP contribution in [0.3, 0.4) is 0 Å². The molecule has 1 saturated heterocycles. The summed E-state index contributed by atoms with van der Waals surface area (Å²) >= 11 is 0. The lowest BCUT2D eigenvalue weighted by Crippen LogP contribution is -2.68. The molecule has 0 spiro atoms. The number of aliphatic hydroxyl groups excluding tert-OH is 1. The molecule has 1 atom stereocenters. The summed E-state index contributed by atoms with van der Waals surface area (Å²) in [6.07, 6.45) is 0.554. The predicted octanol–water partition coefficient (Wildman–Crippen LogP) is 1.75. The molecule has 0 aliphatic carbocycles. The van der Waals surface area contributed by atoms with Crippen LogP contribution in [0.25, 0.3) is 10.9 Å². The van der Waals surface area contributed by atoms with Crippen molar-refractivity contribution in [1.82, 2.24) is 15.2 Å². The maximum Gasteiger partial charge on any atom is 0.331 e. The van der Waals surface area contributed by atoms with Crippen LogP contribution >= 0.6 is 0 Å². The number of aliphatic carboxylic acids is 1. The summed E-state index contributed by atoms with van der Waals surface area (Å²) in [5, 5.41) is 23.7. The van der Waals surface area contributed by atoms with Gasteiger partial charge in [-0.05, 0) is 44.9 Å². The molecule has 140 valence electrons. The fraction of sp³-hybridized carbons (Fsp3) is 0.500. The Labute approximate surface area is 153 Å². The molecule has 6 heteroatoms. The van der Waals surface area contributed by atoms with Crippen LogP contribution in [0, 0.1) is 0 Å². The average Bonchev–Trinajstić information content (AvgIpc) is 2.60. The Hall–Kier alpha value is -2.02. The van der Waals surface area contributed by atoms with Gasteiger partial charge in [-0.25, -0.2) is 4.79 Å². The van der Waals surface area contributed by atoms with E-state index in [1.54, 1.807) is 0 Å². The smallest absolute Gasteiger partial charge is 0.331 e. The molecule has 1 aromatic carbocycles. The predicted molar refractivity (Wildman–Crippen MR) is 101 cm³/mol. The Morgan fingerprint density at radius 3 is 2.73 bits per heavy atom. The van der Waals surface area contributed by atoms with Crippen LogP contribution in [0.2, 0.25) is 0 Å². The lowest BCUT2D eigenvalue weighted by molar-refractivity contribution is -0.159. The number of carbonyl (C=O) groups is 1. The van der Waals surface area contributed by atoms with Crippen LogP contribution in [0.1, 0.15) is 32.0 Å². The highest BCUT2D eigenvalue weighted by molar-refractivity contribution is 5.85. The monoisotopic (exact) mass is 357 g/mol. The number of piperazine rings is 1. The zero-order valence-corrected chi connectivity index (χ0v) is 15.6. The summed E-state index contributed by atoms with van der Waals surface area (Å²) in [5.41, 5.74) is 0.797. The number of carboxylic acid groups (broad SMARTS) is 1. The first-order chi connectivity index (χ1) is 12.3. The van der Waals surface area contributed by atoms with Gasteiger partial charge in [-0.2, -0.15) is 0 Å².